The summed E-state index contributed by atoms with van der Waals surface area (Å²) >= 11 is 0. The van der Waals surface area contributed by atoms with Gasteiger partial charge in [0.15, 0.2) is 5.96 Å². The van der Waals surface area contributed by atoms with Crippen LogP contribution in [0, 0.1) is 0 Å². The van der Waals surface area contributed by atoms with E-state index in [9.17, 15) is 0 Å². The highest BCUT2D eigenvalue weighted by molar-refractivity contribution is 5.94. The molecule has 0 saturated carbocycles. The standard InChI is InChI=1S/C19H41N5/c1-6-10-14-23(15-11-7-2)18(20)22-19(21-5)24(16-12-8-3)17-13-9-4/h6-17H2,1-5H3,(H2,20,21,22). The van der Waals surface area contributed by atoms with Gasteiger partial charge in [-0.05, 0) is 25.7 Å². The molecule has 2 N–H and O–H groups in total. The van der Waals surface area contributed by atoms with Crippen LogP contribution in [0.2, 0.25) is 0 Å². The highest BCUT2D eigenvalue weighted by Crippen LogP contribution is 2.04. The van der Waals surface area contributed by atoms with Crippen LogP contribution in [0.4, 0.5) is 0 Å². The molecular weight excluding hydrogens is 298 g/mol. The molecular formula is C19H41N5. The van der Waals surface area contributed by atoms with Crippen molar-refractivity contribution in [3.05, 3.63) is 0 Å². The van der Waals surface area contributed by atoms with Crippen molar-refractivity contribution in [1.82, 2.24) is 9.80 Å². The fourth-order valence-electron chi connectivity index (χ4n) is 2.48. The Bertz CT molecular complexity index is 336. The predicted octanol–water partition coefficient (Wildman–Crippen LogP) is 4.09. The number of nitrogens with zero attached hydrogens (tertiary/aromatic N) is 4. The third kappa shape index (κ3) is 9.78. The molecule has 0 aromatic rings. The van der Waals surface area contributed by atoms with E-state index in [1.807, 2.05) is 7.05 Å². The zero-order valence-electron chi connectivity index (χ0n) is 16.9. The van der Waals surface area contributed by atoms with Gasteiger partial charge in [0.1, 0.15) is 0 Å². The van der Waals surface area contributed by atoms with Crippen LogP contribution >= 0.6 is 0 Å². The van der Waals surface area contributed by atoms with Gasteiger partial charge in [-0.15, -0.1) is 0 Å². The van der Waals surface area contributed by atoms with Gasteiger partial charge in [0.05, 0.1) is 0 Å². The second-order valence-corrected chi connectivity index (χ2v) is 6.38. The molecule has 0 aromatic carbocycles. The van der Waals surface area contributed by atoms with Gasteiger partial charge in [-0.1, -0.05) is 53.4 Å². The smallest absolute Gasteiger partial charge is 0.223 e. The fraction of sp³-hybridized carbons (Fsp3) is 0.895. The number of hydrogen-bond donors (Lipinski definition) is 1. The molecule has 24 heavy (non-hydrogen) atoms. The molecule has 0 amide bonds. The van der Waals surface area contributed by atoms with Crippen molar-refractivity contribution >= 4 is 11.9 Å². The van der Waals surface area contributed by atoms with E-state index < -0.39 is 0 Å². The third-order valence-electron chi connectivity index (χ3n) is 4.15. The predicted molar refractivity (Wildman–Crippen MR) is 108 cm³/mol. The summed E-state index contributed by atoms with van der Waals surface area (Å²) < 4.78 is 0. The molecule has 0 aliphatic heterocycles. The Morgan fingerprint density at radius 3 is 1.42 bits per heavy atom. The summed E-state index contributed by atoms with van der Waals surface area (Å²) in [4.78, 5) is 13.6. The van der Waals surface area contributed by atoms with Gasteiger partial charge in [0, 0.05) is 33.2 Å². The molecule has 0 fully saturated rings. The Labute approximate surface area is 150 Å². The molecule has 0 unspecified atom stereocenters. The second-order valence-electron chi connectivity index (χ2n) is 6.38. The first-order valence-corrected chi connectivity index (χ1v) is 9.95. The maximum atomic E-state index is 6.34. The first kappa shape index (κ1) is 22.7. The van der Waals surface area contributed by atoms with Crippen molar-refractivity contribution in [2.24, 2.45) is 15.7 Å². The van der Waals surface area contributed by atoms with E-state index >= 15 is 0 Å². The van der Waals surface area contributed by atoms with Crippen LogP contribution < -0.4 is 5.73 Å². The van der Waals surface area contributed by atoms with E-state index in [1.54, 1.807) is 0 Å². The Balaban J connectivity index is 5.07. The quantitative estimate of drug-likeness (QED) is 0.430. The maximum Gasteiger partial charge on any atom is 0.223 e. The number of rotatable bonds is 12. The Morgan fingerprint density at radius 2 is 1.08 bits per heavy atom. The highest BCUT2D eigenvalue weighted by atomic mass is 15.3. The van der Waals surface area contributed by atoms with Gasteiger partial charge in [0.2, 0.25) is 5.96 Å². The van der Waals surface area contributed by atoms with Gasteiger partial charge in [-0.2, -0.15) is 4.99 Å². The van der Waals surface area contributed by atoms with Crippen LogP contribution in [0.1, 0.15) is 79.1 Å². The molecule has 142 valence electrons. The molecule has 0 heterocycles. The summed E-state index contributed by atoms with van der Waals surface area (Å²) in [7, 11) is 1.82. The molecule has 5 heteroatoms. The summed E-state index contributed by atoms with van der Waals surface area (Å²) in [6.45, 7) is 12.8. The van der Waals surface area contributed by atoms with Crippen LogP contribution in [-0.4, -0.2) is 54.9 Å². The fourth-order valence-corrected chi connectivity index (χ4v) is 2.48. The summed E-state index contributed by atoms with van der Waals surface area (Å²) in [5.41, 5.74) is 6.34. The van der Waals surface area contributed by atoms with Crippen molar-refractivity contribution in [1.29, 1.82) is 0 Å². The third-order valence-corrected chi connectivity index (χ3v) is 4.15. The Morgan fingerprint density at radius 1 is 0.708 bits per heavy atom. The largest absolute Gasteiger partial charge is 0.369 e. The molecule has 0 aliphatic rings. The van der Waals surface area contributed by atoms with Crippen molar-refractivity contribution in [3.63, 3.8) is 0 Å². The summed E-state index contributed by atoms with van der Waals surface area (Å²) in [6.07, 6.45) is 9.31. The lowest BCUT2D eigenvalue weighted by Gasteiger charge is -2.26. The van der Waals surface area contributed by atoms with Crippen LogP contribution in [0.15, 0.2) is 9.98 Å². The lowest BCUT2D eigenvalue weighted by atomic mass is 10.2. The molecule has 0 atom stereocenters. The average Bonchev–Trinajstić information content (AvgIpc) is 2.60. The minimum absolute atomic E-state index is 0.621. The molecule has 0 bridgehead atoms. The number of unbranched alkanes of at least 4 members (excludes halogenated alkanes) is 4. The van der Waals surface area contributed by atoms with Crippen molar-refractivity contribution in [2.45, 2.75) is 79.1 Å². The number of guanidine groups is 2. The summed E-state index contributed by atoms with van der Waals surface area (Å²) in [5.74, 6) is 1.41. The van der Waals surface area contributed by atoms with E-state index in [-0.39, 0.29) is 0 Å². The van der Waals surface area contributed by atoms with Crippen LogP contribution in [0.25, 0.3) is 0 Å². The number of hydrogen-bond acceptors (Lipinski definition) is 1. The molecule has 0 aromatic heterocycles. The normalized spacial score (nSPS) is 12.5. The van der Waals surface area contributed by atoms with Gasteiger partial charge in [0.25, 0.3) is 0 Å². The van der Waals surface area contributed by atoms with E-state index in [1.165, 1.54) is 25.7 Å². The zero-order valence-corrected chi connectivity index (χ0v) is 16.9. The van der Waals surface area contributed by atoms with E-state index in [0.29, 0.717) is 5.96 Å². The maximum absolute atomic E-state index is 6.34. The first-order valence-electron chi connectivity index (χ1n) is 9.95. The van der Waals surface area contributed by atoms with E-state index in [4.69, 9.17) is 10.7 Å². The summed E-state index contributed by atoms with van der Waals surface area (Å²) in [5, 5.41) is 0. The van der Waals surface area contributed by atoms with Crippen molar-refractivity contribution in [3.8, 4) is 0 Å². The van der Waals surface area contributed by atoms with Gasteiger partial charge in [-0.25, -0.2) is 0 Å². The second kappa shape index (κ2) is 15.3. The topological polar surface area (TPSA) is 57.2 Å². The minimum atomic E-state index is 0.621. The molecule has 0 rings (SSSR count). The van der Waals surface area contributed by atoms with Crippen LogP contribution in [0.3, 0.4) is 0 Å². The molecule has 5 nitrogen and oxygen atoms in total. The number of aliphatic imine (C=N–C) groups is 2. The Kier molecular flexibility index (Phi) is 14.5. The van der Waals surface area contributed by atoms with Crippen molar-refractivity contribution in [2.75, 3.05) is 33.2 Å². The average molecular weight is 340 g/mol. The monoisotopic (exact) mass is 339 g/mol. The zero-order chi connectivity index (χ0) is 18.2. The molecule has 0 saturated heterocycles. The number of nitrogens with two attached hydrogens (primary N) is 1. The lowest BCUT2D eigenvalue weighted by Crippen LogP contribution is -2.41. The van der Waals surface area contributed by atoms with Crippen molar-refractivity contribution < 1.29 is 0 Å². The van der Waals surface area contributed by atoms with Gasteiger partial charge in [-0.3, -0.25) is 4.99 Å². The summed E-state index contributed by atoms with van der Waals surface area (Å²) in [6, 6.07) is 0. The van der Waals surface area contributed by atoms with Gasteiger partial charge >= 0.3 is 0 Å². The van der Waals surface area contributed by atoms with E-state index in [2.05, 4.69) is 42.5 Å². The molecule has 0 aliphatic carbocycles. The van der Waals surface area contributed by atoms with Crippen LogP contribution in [-0.2, 0) is 0 Å². The minimum Gasteiger partial charge on any atom is -0.369 e. The Hall–Kier alpha value is -1.26. The first-order chi connectivity index (χ1) is 11.6. The lowest BCUT2D eigenvalue weighted by molar-refractivity contribution is 0.384. The molecule has 0 spiro atoms. The highest BCUT2D eigenvalue weighted by Gasteiger charge is 2.13. The SMILES string of the molecule is CCCCN(CCCC)C(N)=NC(=NC)N(CCCC)CCCC. The molecule has 0 radical (unpaired) electrons. The van der Waals surface area contributed by atoms with Gasteiger partial charge < -0.3 is 15.5 Å². The van der Waals surface area contributed by atoms with Crippen LogP contribution in [0.5, 0.6) is 0 Å². The van der Waals surface area contributed by atoms with E-state index in [0.717, 1.165) is 57.8 Å².